The van der Waals surface area contributed by atoms with Gasteiger partial charge in [0.1, 0.15) is 0 Å². The van der Waals surface area contributed by atoms with E-state index in [9.17, 15) is 4.79 Å². The number of amides is 1. The summed E-state index contributed by atoms with van der Waals surface area (Å²) < 4.78 is 1.01. The number of para-hydroxylation sites is 1. The monoisotopic (exact) mass is 435 g/mol. The van der Waals surface area contributed by atoms with Gasteiger partial charge in [0.05, 0.1) is 5.52 Å². The summed E-state index contributed by atoms with van der Waals surface area (Å²) in [4.78, 5) is 19.0. The fourth-order valence-corrected chi connectivity index (χ4v) is 4.68. The van der Waals surface area contributed by atoms with Gasteiger partial charge in [-0.1, -0.05) is 40.2 Å². The van der Waals surface area contributed by atoms with Gasteiger partial charge in [0, 0.05) is 44.8 Å². The summed E-state index contributed by atoms with van der Waals surface area (Å²) in [6.07, 6.45) is 2.54. The van der Waals surface area contributed by atoms with E-state index in [1.165, 1.54) is 12.8 Å². The van der Waals surface area contributed by atoms with Crippen LogP contribution < -0.4 is 5.32 Å². The van der Waals surface area contributed by atoms with Crippen LogP contribution in [0.4, 0.5) is 0 Å². The second kappa shape index (κ2) is 7.22. The number of aromatic amines is 1. The van der Waals surface area contributed by atoms with Crippen LogP contribution in [0.3, 0.4) is 0 Å². The molecule has 1 fully saturated rings. The van der Waals surface area contributed by atoms with E-state index in [4.69, 9.17) is 0 Å². The number of carbonyl (C=O) groups excluding carboxylic acids is 1. The lowest BCUT2D eigenvalue weighted by molar-refractivity contribution is 0.0951. The molecular formula is C23H22BrN3O. The summed E-state index contributed by atoms with van der Waals surface area (Å²) in [7, 11) is 0. The number of nitrogens with one attached hydrogen (secondary N) is 2. The van der Waals surface area contributed by atoms with E-state index in [0.717, 1.165) is 62.2 Å². The summed E-state index contributed by atoms with van der Waals surface area (Å²) in [6, 6.07) is 16.4. The summed E-state index contributed by atoms with van der Waals surface area (Å²) in [5.41, 5.74) is 2.90. The second-order valence-corrected chi connectivity index (χ2v) is 8.43. The summed E-state index contributed by atoms with van der Waals surface area (Å²) in [6.45, 7) is 3.90. The molecule has 4 nitrogen and oxygen atoms in total. The number of H-pyrrole nitrogens is 1. The highest BCUT2D eigenvalue weighted by Gasteiger charge is 2.17. The van der Waals surface area contributed by atoms with Crippen LogP contribution in [0, 0.1) is 0 Å². The number of rotatable bonds is 4. The molecule has 0 aliphatic carbocycles. The topological polar surface area (TPSA) is 48.1 Å². The Hall–Kier alpha value is -2.37. The van der Waals surface area contributed by atoms with Crippen molar-refractivity contribution >= 4 is 54.4 Å². The summed E-state index contributed by atoms with van der Waals surface area (Å²) in [5, 5.41) is 7.40. The fourth-order valence-electron chi connectivity index (χ4n) is 4.32. The van der Waals surface area contributed by atoms with Crippen LogP contribution in [0.15, 0.2) is 53.0 Å². The van der Waals surface area contributed by atoms with Gasteiger partial charge in [-0.2, -0.15) is 0 Å². The van der Waals surface area contributed by atoms with Gasteiger partial charge in [-0.05, 0) is 55.6 Å². The molecule has 1 amide bonds. The van der Waals surface area contributed by atoms with Crippen LogP contribution in [0.2, 0.25) is 0 Å². The molecule has 5 heteroatoms. The standard InChI is InChI=1S/C23H22BrN3O/c24-15-7-8-16-18(13-15)22-19(17-5-1-2-6-21(17)26-22)14-20(16)23(28)25-9-12-27-10-3-4-11-27/h1-2,5-8,13-14,26H,3-4,9-12H2,(H,25,28). The molecule has 1 aliphatic heterocycles. The van der Waals surface area contributed by atoms with E-state index in [1.807, 2.05) is 30.3 Å². The van der Waals surface area contributed by atoms with Crippen molar-refractivity contribution in [3.8, 4) is 0 Å². The molecule has 0 spiro atoms. The molecule has 4 aromatic rings. The van der Waals surface area contributed by atoms with Gasteiger partial charge < -0.3 is 15.2 Å². The van der Waals surface area contributed by atoms with Crippen LogP contribution >= 0.6 is 15.9 Å². The quantitative estimate of drug-likeness (QED) is 0.470. The van der Waals surface area contributed by atoms with Crippen molar-refractivity contribution in [2.45, 2.75) is 12.8 Å². The van der Waals surface area contributed by atoms with Gasteiger partial charge in [0.15, 0.2) is 0 Å². The van der Waals surface area contributed by atoms with Crippen molar-refractivity contribution in [1.82, 2.24) is 15.2 Å². The molecule has 0 atom stereocenters. The van der Waals surface area contributed by atoms with E-state index >= 15 is 0 Å². The maximum absolute atomic E-state index is 13.1. The molecule has 0 saturated carbocycles. The maximum atomic E-state index is 13.1. The molecule has 28 heavy (non-hydrogen) atoms. The maximum Gasteiger partial charge on any atom is 0.251 e. The highest BCUT2D eigenvalue weighted by molar-refractivity contribution is 9.10. The first kappa shape index (κ1) is 17.7. The Kier molecular flexibility index (Phi) is 4.57. The third-order valence-corrected chi connectivity index (χ3v) is 6.23. The van der Waals surface area contributed by atoms with Crippen molar-refractivity contribution in [3.05, 3.63) is 58.6 Å². The van der Waals surface area contributed by atoms with Gasteiger partial charge in [-0.25, -0.2) is 0 Å². The van der Waals surface area contributed by atoms with Gasteiger partial charge in [0.2, 0.25) is 0 Å². The van der Waals surface area contributed by atoms with Crippen molar-refractivity contribution in [2.24, 2.45) is 0 Å². The normalized spacial score (nSPS) is 15.0. The van der Waals surface area contributed by atoms with Crippen LogP contribution in [-0.4, -0.2) is 42.0 Å². The molecule has 3 aromatic carbocycles. The Bertz CT molecular complexity index is 1190. The smallest absolute Gasteiger partial charge is 0.251 e. The summed E-state index contributed by atoms with van der Waals surface area (Å²) >= 11 is 3.58. The predicted octanol–water partition coefficient (Wildman–Crippen LogP) is 5.06. The molecule has 0 radical (unpaired) electrons. The molecule has 0 unspecified atom stereocenters. The Balaban J connectivity index is 1.58. The van der Waals surface area contributed by atoms with Crippen LogP contribution in [-0.2, 0) is 0 Å². The number of hydrogen-bond acceptors (Lipinski definition) is 2. The number of nitrogens with zero attached hydrogens (tertiary/aromatic N) is 1. The number of fused-ring (bicyclic) bond motifs is 5. The molecule has 1 aromatic heterocycles. The van der Waals surface area contributed by atoms with Gasteiger partial charge in [-0.15, -0.1) is 0 Å². The van der Waals surface area contributed by atoms with E-state index < -0.39 is 0 Å². The Labute approximate surface area is 172 Å². The molecule has 2 heterocycles. The first-order chi connectivity index (χ1) is 13.7. The van der Waals surface area contributed by atoms with E-state index in [2.05, 4.69) is 49.3 Å². The lowest BCUT2D eigenvalue weighted by Gasteiger charge is -2.15. The first-order valence-corrected chi connectivity index (χ1v) is 10.6. The lowest BCUT2D eigenvalue weighted by Crippen LogP contribution is -2.33. The minimum atomic E-state index is -0.00120. The minimum absolute atomic E-state index is 0.00120. The molecule has 142 valence electrons. The third kappa shape index (κ3) is 3.09. The van der Waals surface area contributed by atoms with Crippen LogP contribution in [0.25, 0.3) is 32.6 Å². The molecule has 1 aliphatic rings. The zero-order valence-corrected chi connectivity index (χ0v) is 17.2. The fraction of sp³-hybridized carbons (Fsp3) is 0.261. The number of aromatic nitrogens is 1. The number of benzene rings is 3. The average molecular weight is 436 g/mol. The van der Waals surface area contributed by atoms with E-state index in [1.54, 1.807) is 0 Å². The van der Waals surface area contributed by atoms with Gasteiger partial charge in [0.25, 0.3) is 5.91 Å². The SMILES string of the molecule is O=C(NCCN1CCCC1)c1cc2c3ccccc3[nH]c2c2cc(Br)ccc12. The number of likely N-dealkylation sites (tertiary alicyclic amines) is 1. The Morgan fingerprint density at radius 3 is 2.64 bits per heavy atom. The molecule has 2 N–H and O–H groups in total. The average Bonchev–Trinajstić information content (AvgIpc) is 3.35. The second-order valence-electron chi connectivity index (χ2n) is 7.51. The zero-order chi connectivity index (χ0) is 19.1. The zero-order valence-electron chi connectivity index (χ0n) is 15.6. The predicted molar refractivity (Wildman–Crippen MR) is 119 cm³/mol. The lowest BCUT2D eigenvalue weighted by atomic mass is 9.99. The van der Waals surface area contributed by atoms with E-state index in [0.29, 0.717) is 6.54 Å². The Morgan fingerprint density at radius 1 is 1.00 bits per heavy atom. The number of halogens is 1. The molecular weight excluding hydrogens is 414 g/mol. The van der Waals surface area contributed by atoms with Crippen molar-refractivity contribution in [3.63, 3.8) is 0 Å². The van der Waals surface area contributed by atoms with Crippen molar-refractivity contribution < 1.29 is 4.79 Å². The number of hydrogen-bond donors (Lipinski definition) is 2. The van der Waals surface area contributed by atoms with Crippen LogP contribution in [0.5, 0.6) is 0 Å². The highest BCUT2D eigenvalue weighted by Crippen LogP contribution is 2.34. The van der Waals surface area contributed by atoms with Gasteiger partial charge >= 0.3 is 0 Å². The largest absolute Gasteiger partial charge is 0.354 e. The minimum Gasteiger partial charge on any atom is -0.354 e. The van der Waals surface area contributed by atoms with Crippen molar-refractivity contribution in [2.75, 3.05) is 26.2 Å². The van der Waals surface area contributed by atoms with Crippen molar-refractivity contribution in [1.29, 1.82) is 0 Å². The Morgan fingerprint density at radius 2 is 1.79 bits per heavy atom. The number of carbonyl (C=O) groups is 1. The molecule has 0 bridgehead atoms. The third-order valence-electron chi connectivity index (χ3n) is 5.73. The van der Waals surface area contributed by atoms with Gasteiger partial charge in [-0.3, -0.25) is 4.79 Å². The first-order valence-electron chi connectivity index (χ1n) is 9.84. The van der Waals surface area contributed by atoms with E-state index in [-0.39, 0.29) is 5.91 Å². The molecule has 5 rings (SSSR count). The van der Waals surface area contributed by atoms with Crippen LogP contribution in [0.1, 0.15) is 23.2 Å². The highest BCUT2D eigenvalue weighted by atomic mass is 79.9. The molecule has 1 saturated heterocycles. The summed E-state index contributed by atoms with van der Waals surface area (Å²) in [5.74, 6) is -0.00120.